The third-order valence-corrected chi connectivity index (χ3v) is 5.38. The quantitative estimate of drug-likeness (QED) is 0.610. The van der Waals surface area contributed by atoms with E-state index in [1.165, 1.54) is 30.4 Å². The van der Waals surface area contributed by atoms with E-state index in [1.807, 2.05) is 24.5 Å². The smallest absolute Gasteiger partial charge is 0.256 e. The third-order valence-electron chi connectivity index (χ3n) is 5.38. The van der Waals surface area contributed by atoms with Gasteiger partial charge in [0.15, 0.2) is 0 Å². The molecular formula is C20H24N2O2. The normalized spacial score (nSPS) is 27.5. The number of rotatable bonds is 3. The van der Waals surface area contributed by atoms with Gasteiger partial charge in [-0.15, -0.1) is 0 Å². The average Bonchev–Trinajstić information content (AvgIpc) is 3.01. The van der Waals surface area contributed by atoms with Gasteiger partial charge >= 0.3 is 0 Å². The second-order valence-corrected chi connectivity index (χ2v) is 6.93. The zero-order valence-corrected chi connectivity index (χ0v) is 14.0. The zero-order valence-electron chi connectivity index (χ0n) is 14.0. The van der Waals surface area contributed by atoms with Gasteiger partial charge in [0.2, 0.25) is 0 Å². The fourth-order valence-corrected chi connectivity index (χ4v) is 4.17. The molecule has 3 aliphatic rings. The minimum absolute atomic E-state index is 0.0146. The van der Waals surface area contributed by atoms with E-state index in [0.29, 0.717) is 0 Å². The van der Waals surface area contributed by atoms with Crippen LogP contribution in [0.3, 0.4) is 0 Å². The lowest BCUT2D eigenvalue weighted by Gasteiger charge is -2.25. The van der Waals surface area contributed by atoms with Crippen molar-refractivity contribution in [2.45, 2.75) is 63.4 Å². The molecule has 24 heavy (non-hydrogen) atoms. The minimum atomic E-state index is -0.164. The number of pyridine rings is 1. The highest BCUT2D eigenvalue weighted by atomic mass is 16.9. The number of aromatic nitrogens is 1. The molecule has 2 aliphatic carbocycles. The molecule has 0 radical (unpaired) electrons. The summed E-state index contributed by atoms with van der Waals surface area (Å²) in [5.74, 6) is -0.0146. The maximum atomic E-state index is 12.7. The predicted octanol–water partition coefficient (Wildman–Crippen LogP) is 4.43. The summed E-state index contributed by atoms with van der Waals surface area (Å²) in [6, 6.07) is 4.04. The molecule has 0 amide bonds. The highest BCUT2D eigenvalue weighted by molar-refractivity contribution is 6.02. The number of hydrogen-bond acceptors (Lipinski definition) is 3. The van der Waals surface area contributed by atoms with Crippen LogP contribution in [0, 0.1) is 5.21 Å². The summed E-state index contributed by atoms with van der Waals surface area (Å²) in [6.45, 7) is 0. The van der Waals surface area contributed by atoms with Crippen LogP contribution in [-0.4, -0.2) is 21.7 Å². The van der Waals surface area contributed by atoms with Crippen LogP contribution < -0.4 is 0 Å². The van der Waals surface area contributed by atoms with Gasteiger partial charge in [0.1, 0.15) is 6.10 Å². The van der Waals surface area contributed by atoms with Crippen molar-refractivity contribution in [1.82, 2.24) is 4.98 Å². The van der Waals surface area contributed by atoms with Crippen LogP contribution in [0.2, 0.25) is 0 Å². The Morgan fingerprint density at radius 1 is 1.00 bits per heavy atom. The summed E-state index contributed by atoms with van der Waals surface area (Å²) in [5, 5.41) is 12.7. The van der Waals surface area contributed by atoms with Crippen molar-refractivity contribution in [3.63, 3.8) is 0 Å². The van der Waals surface area contributed by atoms with Crippen LogP contribution in [0.25, 0.3) is 0 Å². The lowest BCUT2D eigenvalue weighted by molar-refractivity contribution is -0.738. The monoisotopic (exact) mass is 324 g/mol. The first-order valence-electron chi connectivity index (χ1n) is 9.14. The summed E-state index contributed by atoms with van der Waals surface area (Å²) < 4.78 is 0. The number of allylic oxidation sites excluding steroid dienone is 3. The second-order valence-electron chi connectivity index (χ2n) is 6.93. The SMILES string of the molecule is [O-][N+]1=C(C2=CCCCC2)[C@@H](c2ccncc2)[C@H](C2=CCCCC2)O1. The van der Waals surface area contributed by atoms with Crippen molar-refractivity contribution >= 4 is 5.71 Å². The minimum Gasteiger partial charge on any atom is -0.394 e. The predicted molar refractivity (Wildman–Crippen MR) is 93.6 cm³/mol. The molecular weight excluding hydrogens is 300 g/mol. The van der Waals surface area contributed by atoms with Crippen LogP contribution in [-0.2, 0) is 4.84 Å². The summed E-state index contributed by atoms with van der Waals surface area (Å²) in [6.07, 6.45) is 16.9. The van der Waals surface area contributed by atoms with E-state index in [1.54, 1.807) is 0 Å². The Hall–Kier alpha value is -2.10. The van der Waals surface area contributed by atoms with Gasteiger partial charge in [0.05, 0.1) is 5.92 Å². The Bertz CT molecular complexity index is 691. The molecule has 0 spiro atoms. The summed E-state index contributed by atoms with van der Waals surface area (Å²) in [7, 11) is 0. The van der Waals surface area contributed by atoms with Gasteiger partial charge < -0.3 is 4.84 Å². The van der Waals surface area contributed by atoms with E-state index in [-0.39, 0.29) is 12.0 Å². The van der Waals surface area contributed by atoms with Crippen molar-refractivity contribution in [3.05, 3.63) is 58.6 Å². The first-order chi connectivity index (χ1) is 11.8. The molecule has 4 nitrogen and oxygen atoms in total. The second kappa shape index (κ2) is 6.80. The molecule has 1 aromatic heterocycles. The largest absolute Gasteiger partial charge is 0.394 e. The van der Waals surface area contributed by atoms with Crippen molar-refractivity contribution in [3.8, 4) is 0 Å². The lowest BCUT2D eigenvalue weighted by Crippen LogP contribution is -2.26. The molecule has 0 bridgehead atoms. The third kappa shape index (κ3) is 2.85. The van der Waals surface area contributed by atoms with E-state index in [2.05, 4.69) is 17.1 Å². The summed E-state index contributed by atoms with van der Waals surface area (Å²) in [4.78, 5) is 10.8. The van der Waals surface area contributed by atoms with Crippen molar-refractivity contribution in [1.29, 1.82) is 0 Å². The van der Waals surface area contributed by atoms with E-state index >= 15 is 0 Å². The summed E-state index contributed by atoms with van der Waals surface area (Å²) >= 11 is 0. The highest BCUT2D eigenvalue weighted by Crippen LogP contribution is 2.39. The van der Waals surface area contributed by atoms with Crippen LogP contribution in [0.15, 0.2) is 47.8 Å². The standard InChI is InChI=1S/C20H24N2O2/c23-22-19(16-7-3-1-4-8-16)18(15-11-13-21-14-12-15)20(24-22)17-9-5-2-6-10-17/h7,9,11-14,18,20H,1-6,8,10H2/t18-,20+/m1/s1. The Labute approximate surface area is 143 Å². The van der Waals surface area contributed by atoms with Gasteiger partial charge in [-0.3, -0.25) is 10.2 Å². The highest BCUT2D eigenvalue weighted by Gasteiger charge is 2.44. The molecule has 0 saturated carbocycles. The fraction of sp³-hybridized carbons (Fsp3) is 0.500. The van der Waals surface area contributed by atoms with Crippen molar-refractivity contribution < 1.29 is 9.74 Å². The Balaban J connectivity index is 1.75. The Morgan fingerprint density at radius 2 is 1.75 bits per heavy atom. The van der Waals surface area contributed by atoms with Gasteiger partial charge in [-0.25, -0.2) is 0 Å². The molecule has 0 aromatic carbocycles. The molecule has 2 atom stereocenters. The number of hydrogen-bond donors (Lipinski definition) is 0. The maximum Gasteiger partial charge on any atom is 0.256 e. The Morgan fingerprint density at radius 3 is 2.42 bits per heavy atom. The molecule has 1 aromatic rings. The van der Waals surface area contributed by atoms with E-state index in [9.17, 15) is 5.21 Å². The van der Waals surface area contributed by atoms with Crippen molar-refractivity contribution in [2.75, 3.05) is 0 Å². The number of nitrogens with zero attached hydrogens (tertiary/aromatic N) is 2. The molecule has 0 unspecified atom stereocenters. The average molecular weight is 324 g/mol. The first kappa shape index (κ1) is 15.4. The van der Waals surface area contributed by atoms with E-state index in [4.69, 9.17) is 4.84 Å². The van der Waals surface area contributed by atoms with Crippen LogP contribution in [0.1, 0.15) is 62.8 Å². The zero-order chi connectivity index (χ0) is 16.4. The van der Waals surface area contributed by atoms with Crippen LogP contribution >= 0.6 is 0 Å². The van der Waals surface area contributed by atoms with Gasteiger partial charge in [0.25, 0.3) is 5.71 Å². The molecule has 1 aliphatic heterocycles. The molecule has 2 heterocycles. The molecule has 0 fully saturated rings. The van der Waals surface area contributed by atoms with Gasteiger partial charge in [-0.1, -0.05) is 17.7 Å². The topological polar surface area (TPSA) is 48.2 Å². The molecule has 4 rings (SSSR count). The van der Waals surface area contributed by atoms with Gasteiger partial charge in [0, 0.05) is 22.9 Å². The summed E-state index contributed by atoms with van der Waals surface area (Å²) in [5.41, 5.74) is 4.41. The first-order valence-corrected chi connectivity index (χ1v) is 9.14. The molecule has 126 valence electrons. The molecule has 0 saturated heterocycles. The van der Waals surface area contributed by atoms with Crippen molar-refractivity contribution in [2.24, 2.45) is 0 Å². The van der Waals surface area contributed by atoms with E-state index in [0.717, 1.165) is 48.3 Å². The Kier molecular flexibility index (Phi) is 4.37. The van der Waals surface area contributed by atoms with Crippen LogP contribution in [0.5, 0.6) is 0 Å². The fourth-order valence-electron chi connectivity index (χ4n) is 4.17. The van der Waals surface area contributed by atoms with E-state index < -0.39 is 0 Å². The molecule has 4 heteroatoms. The van der Waals surface area contributed by atoms with Crippen LogP contribution in [0.4, 0.5) is 0 Å². The van der Waals surface area contributed by atoms with Gasteiger partial charge in [-0.05, 0) is 69.1 Å². The maximum absolute atomic E-state index is 12.7. The van der Waals surface area contributed by atoms with Gasteiger partial charge in [-0.2, -0.15) is 0 Å². The molecule has 0 N–H and O–H groups in total. The lowest BCUT2D eigenvalue weighted by atomic mass is 9.79.